The number of fused-ring (bicyclic) bond motifs is 1. The van der Waals surface area contributed by atoms with Crippen molar-refractivity contribution in [3.05, 3.63) is 47.5 Å². The molecule has 0 saturated heterocycles. The van der Waals surface area contributed by atoms with Gasteiger partial charge in [0.2, 0.25) is 0 Å². The number of carbonyl (C=O) groups is 1. The Morgan fingerprint density at radius 2 is 2.05 bits per heavy atom. The van der Waals surface area contributed by atoms with Crippen LogP contribution in [0.15, 0.2) is 36.4 Å². The molecule has 0 fully saturated rings. The van der Waals surface area contributed by atoms with Crippen molar-refractivity contribution in [1.82, 2.24) is 0 Å². The van der Waals surface area contributed by atoms with Crippen molar-refractivity contribution in [2.24, 2.45) is 5.92 Å². The summed E-state index contributed by atoms with van der Waals surface area (Å²) in [6.45, 7) is 4.15. The van der Waals surface area contributed by atoms with Crippen molar-refractivity contribution < 1.29 is 14.6 Å². The van der Waals surface area contributed by atoms with Crippen molar-refractivity contribution in [3.63, 3.8) is 0 Å². The number of ether oxygens (including phenoxy) is 1. The van der Waals surface area contributed by atoms with Crippen LogP contribution in [0.2, 0.25) is 0 Å². The molecule has 1 aromatic carbocycles. The van der Waals surface area contributed by atoms with Gasteiger partial charge in [-0.1, -0.05) is 44.2 Å². The molecule has 0 saturated carbocycles. The first-order chi connectivity index (χ1) is 10.1. The van der Waals surface area contributed by atoms with E-state index in [-0.39, 0.29) is 12.1 Å². The average Bonchev–Trinajstić information content (AvgIpc) is 2.45. The molecule has 0 aromatic heterocycles. The van der Waals surface area contributed by atoms with Gasteiger partial charge in [0.25, 0.3) is 0 Å². The number of hydrogen-bond acceptors (Lipinski definition) is 3. The second kappa shape index (κ2) is 7.41. The van der Waals surface area contributed by atoms with Crippen LogP contribution in [-0.2, 0) is 16.0 Å². The zero-order valence-electron chi connectivity index (χ0n) is 12.8. The molecule has 114 valence electrons. The molecule has 0 unspecified atom stereocenters. The van der Waals surface area contributed by atoms with Gasteiger partial charge < -0.3 is 9.84 Å². The minimum absolute atomic E-state index is 0.0429. The highest BCUT2D eigenvalue weighted by atomic mass is 16.5. The van der Waals surface area contributed by atoms with Gasteiger partial charge in [-0.15, -0.1) is 0 Å². The topological polar surface area (TPSA) is 46.5 Å². The van der Waals surface area contributed by atoms with Crippen LogP contribution in [0.5, 0.6) is 0 Å². The molecule has 3 nitrogen and oxygen atoms in total. The SMILES string of the molecule is CC(C)[C@@H]1CCCc2ccccc2[C@@H](O)C/C=C/C(=O)O1. The quantitative estimate of drug-likeness (QED) is 0.804. The van der Waals surface area contributed by atoms with E-state index in [9.17, 15) is 9.90 Å². The molecule has 1 aliphatic heterocycles. The minimum Gasteiger partial charge on any atom is -0.459 e. The highest BCUT2D eigenvalue weighted by Gasteiger charge is 2.18. The number of aliphatic hydroxyl groups is 1. The van der Waals surface area contributed by atoms with Gasteiger partial charge >= 0.3 is 5.97 Å². The number of aryl methyl sites for hydroxylation is 1. The monoisotopic (exact) mass is 288 g/mol. The standard InChI is InChI=1S/C18H24O3/c1-13(2)17-11-5-8-14-7-3-4-9-15(14)16(19)10-6-12-18(20)21-17/h3-4,6-7,9,12-13,16-17,19H,5,8,10-11H2,1-2H3/b12-6+/t16-,17-/m0/s1. The van der Waals surface area contributed by atoms with E-state index in [4.69, 9.17) is 4.74 Å². The van der Waals surface area contributed by atoms with Crippen LogP contribution in [0.3, 0.4) is 0 Å². The Balaban J connectivity index is 2.21. The Morgan fingerprint density at radius 1 is 1.29 bits per heavy atom. The third kappa shape index (κ3) is 4.43. The summed E-state index contributed by atoms with van der Waals surface area (Å²) in [5, 5.41) is 10.3. The molecule has 1 aromatic rings. The highest BCUT2D eigenvalue weighted by molar-refractivity contribution is 5.82. The fourth-order valence-corrected chi connectivity index (χ4v) is 2.72. The summed E-state index contributed by atoms with van der Waals surface area (Å²) < 4.78 is 5.50. The predicted octanol–water partition coefficient (Wildman–Crippen LogP) is 3.57. The third-order valence-electron chi connectivity index (χ3n) is 3.97. The smallest absolute Gasteiger partial charge is 0.330 e. The molecule has 0 aliphatic carbocycles. The molecule has 3 heteroatoms. The van der Waals surface area contributed by atoms with Crippen LogP contribution in [0, 0.1) is 5.92 Å². The molecule has 0 radical (unpaired) electrons. The maximum Gasteiger partial charge on any atom is 0.330 e. The van der Waals surface area contributed by atoms with E-state index in [1.165, 1.54) is 11.6 Å². The molecule has 0 spiro atoms. The molecular formula is C18H24O3. The Bertz CT molecular complexity index is 505. The minimum atomic E-state index is -0.564. The maximum absolute atomic E-state index is 11.8. The van der Waals surface area contributed by atoms with Gasteiger partial charge in [-0.2, -0.15) is 0 Å². The molecule has 1 N–H and O–H groups in total. The van der Waals surface area contributed by atoms with Gasteiger partial charge in [0, 0.05) is 6.08 Å². The Kier molecular flexibility index (Phi) is 5.57. The predicted molar refractivity (Wildman–Crippen MR) is 82.8 cm³/mol. The van der Waals surface area contributed by atoms with Gasteiger partial charge in [-0.05, 0) is 42.7 Å². The second-order valence-electron chi connectivity index (χ2n) is 5.96. The second-order valence-corrected chi connectivity index (χ2v) is 5.96. The third-order valence-corrected chi connectivity index (χ3v) is 3.97. The normalized spacial score (nSPS) is 25.4. The number of benzene rings is 1. The molecule has 1 aliphatic rings. The zero-order valence-corrected chi connectivity index (χ0v) is 12.8. The van der Waals surface area contributed by atoms with Gasteiger partial charge in [0.15, 0.2) is 0 Å². The van der Waals surface area contributed by atoms with E-state index in [1.54, 1.807) is 6.08 Å². The van der Waals surface area contributed by atoms with Gasteiger partial charge in [0.05, 0.1) is 6.10 Å². The van der Waals surface area contributed by atoms with Crippen molar-refractivity contribution >= 4 is 5.97 Å². The van der Waals surface area contributed by atoms with Crippen molar-refractivity contribution in [2.45, 2.75) is 51.7 Å². The molecule has 21 heavy (non-hydrogen) atoms. The maximum atomic E-state index is 11.8. The zero-order chi connectivity index (χ0) is 15.2. The number of hydrogen-bond donors (Lipinski definition) is 1. The first-order valence-electron chi connectivity index (χ1n) is 7.71. The first kappa shape index (κ1) is 15.8. The Hall–Kier alpha value is -1.61. The fraction of sp³-hybridized carbons (Fsp3) is 0.500. The highest BCUT2D eigenvalue weighted by Crippen LogP contribution is 2.24. The van der Waals surface area contributed by atoms with E-state index in [0.717, 1.165) is 24.8 Å². The van der Waals surface area contributed by atoms with E-state index >= 15 is 0 Å². The van der Waals surface area contributed by atoms with Crippen LogP contribution in [0.4, 0.5) is 0 Å². The number of cyclic esters (lactones) is 1. The van der Waals surface area contributed by atoms with Gasteiger partial charge in [-0.3, -0.25) is 0 Å². The lowest BCUT2D eigenvalue weighted by molar-refractivity contribution is -0.145. The van der Waals surface area contributed by atoms with Crippen LogP contribution >= 0.6 is 0 Å². The molecule has 0 bridgehead atoms. The number of esters is 1. The lowest BCUT2D eigenvalue weighted by Crippen LogP contribution is -2.23. The number of aliphatic hydroxyl groups excluding tert-OH is 1. The van der Waals surface area contributed by atoms with E-state index in [0.29, 0.717) is 12.3 Å². The summed E-state index contributed by atoms with van der Waals surface area (Å²) in [5.41, 5.74) is 2.16. The largest absolute Gasteiger partial charge is 0.459 e. The summed E-state index contributed by atoms with van der Waals surface area (Å²) in [6, 6.07) is 8.00. The summed E-state index contributed by atoms with van der Waals surface area (Å²) in [5.74, 6) is 0.000818. The van der Waals surface area contributed by atoms with E-state index in [2.05, 4.69) is 19.9 Å². The van der Waals surface area contributed by atoms with E-state index in [1.807, 2.05) is 18.2 Å². The van der Waals surface area contributed by atoms with Crippen LogP contribution < -0.4 is 0 Å². The molecule has 2 rings (SSSR count). The fourth-order valence-electron chi connectivity index (χ4n) is 2.72. The van der Waals surface area contributed by atoms with Crippen molar-refractivity contribution in [1.29, 1.82) is 0 Å². The van der Waals surface area contributed by atoms with Gasteiger partial charge in [0.1, 0.15) is 6.10 Å². The van der Waals surface area contributed by atoms with Crippen LogP contribution in [0.25, 0.3) is 0 Å². The summed E-state index contributed by atoms with van der Waals surface area (Å²) in [4.78, 5) is 11.8. The summed E-state index contributed by atoms with van der Waals surface area (Å²) in [6.07, 6.45) is 5.65. The summed E-state index contributed by atoms with van der Waals surface area (Å²) >= 11 is 0. The van der Waals surface area contributed by atoms with Gasteiger partial charge in [-0.25, -0.2) is 4.79 Å². The molecule has 0 amide bonds. The Morgan fingerprint density at radius 3 is 2.81 bits per heavy atom. The lowest BCUT2D eigenvalue weighted by Gasteiger charge is -2.22. The average molecular weight is 288 g/mol. The first-order valence-corrected chi connectivity index (χ1v) is 7.71. The van der Waals surface area contributed by atoms with Crippen molar-refractivity contribution in [2.75, 3.05) is 0 Å². The number of carbonyl (C=O) groups excluding carboxylic acids is 1. The van der Waals surface area contributed by atoms with Crippen molar-refractivity contribution in [3.8, 4) is 0 Å². The molecular weight excluding hydrogens is 264 g/mol. The number of rotatable bonds is 1. The summed E-state index contributed by atoms with van der Waals surface area (Å²) in [7, 11) is 0. The van der Waals surface area contributed by atoms with E-state index < -0.39 is 6.10 Å². The molecule has 2 atom stereocenters. The molecule has 1 heterocycles. The van der Waals surface area contributed by atoms with Crippen LogP contribution in [-0.4, -0.2) is 17.2 Å². The van der Waals surface area contributed by atoms with Crippen LogP contribution in [0.1, 0.15) is 50.3 Å². The lowest BCUT2D eigenvalue weighted by atomic mass is 9.94. The Labute approximate surface area is 126 Å².